The number of fused-ring (bicyclic) bond motifs is 1. The molecule has 4 heteroatoms. The number of likely N-dealkylation sites (tertiary alicyclic amines) is 1. The van der Waals surface area contributed by atoms with Crippen LogP contribution in [0.25, 0.3) is 0 Å². The zero-order chi connectivity index (χ0) is 12.8. The summed E-state index contributed by atoms with van der Waals surface area (Å²) >= 11 is 0. The lowest BCUT2D eigenvalue weighted by atomic mass is 9.88. The van der Waals surface area contributed by atoms with Crippen LogP contribution in [0.5, 0.6) is 5.75 Å². The van der Waals surface area contributed by atoms with Crippen molar-refractivity contribution in [2.45, 2.75) is 24.9 Å². The molecule has 0 aromatic heterocycles. The minimum atomic E-state index is -0.708. The Morgan fingerprint density at radius 3 is 2.89 bits per heavy atom. The highest BCUT2D eigenvalue weighted by molar-refractivity contribution is 5.85. The molecule has 0 spiro atoms. The molecule has 1 amide bonds. The zero-order valence-corrected chi connectivity index (χ0v) is 10.4. The van der Waals surface area contributed by atoms with Gasteiger partial charge in [0.25, 0.3) is 0 Å². The van der Waals surface area contributed by atoms with E-state index in [-0.39, 0.29) is 11.8 Å². The maximum Gasteiger partial charge on any atom is 0.230 e. The summed E-state index contributed by atoms with van der Waals surface area (Å²) in [6, 6.07) is 7.70. The molecule has 0 saturated carbocycles. The first-order valence-electron chi connectivity index (χ1n) is 6.30. The van der Waals surface area contributed by atoms with E-state index < -0.39 is 5.60 Å². The van der Waals surface area contributed by atoms with E-state index in [4.69, 9.17) is 4.74 Å². The molecule has 1 atom stereocenters. The number of aliphatic hydroxyl groups is 1. The number of ether oxygens (including phenoxy) is 1. The van der Waals surface area contributed by atoms with Crippen molar-refractivity contribution in [3.05, 3.63) is 29.8 Å². The quantitative estimate of drug-likeness (QED) is 0.809. The van der Waals surface area contributed by atoms with Crippen molar-refractivity contribution in [3.8, 4) is 5.75 Å². The van der Waals surface area contributed by atoms with Gasteiger partial charge in [-0.15, -0.1) is 0 Å². The fourth-order valence-corrected chi connectivity index (χ4v) is 2.75. The summed E-state index contributed by atoms with van der Waals surface area (Å²) in [5.74, 6) is 0.803. The average Bonchev–Trinajstić information content (AvgIpc) is 2.34. The van der Waals surface area contributed by atoms with Crippen LogP contribution < -0.4 is 4.74 Å². The Morgan fingerprint density at radius 1 is 1.44 bits per heavy atom. The van der Waals surface area contributed by atoms with Crippen LogP contribution in [0.2, 0.25) is 0 Å². The third-order valence-corrected chi connectivity index (χ3v) is 3.63. The zero-order valence-electron chi connectivity index (χ0n) is 10.4. The Balaban J connectivity index is 1.80. The highest BCUT2D eigenvalue weighted by Gasteiger charge is 2.42. The SMILES string of the molecule is CC1(O)CN(C(=O)C2CCOc3ccccc32)C1. The van der Waals surface area contributed by atoms with Gasteiger partial charge >= 0.3 is 0 Å². The molecule has 0 aliphatic carbocycles. The lowest BCUT2D eigenvalue weighted by Gasteiger charge is -2.46. The molecule has 1 saturated heterocycles. The van der Waals surface area contributed by atoms with Crippen molar-refractivity contribution in [1.82, 2.24) is 4.90 Å². The molecule has 0 radical (unpaired) electrons. The lowest BCUT2D eigenvalue weighted by molar-refractivity contribution is -0.154. The molecule has 18 heavy (non-hydrogen) atoms. The topological polar surface area (TPSA) is 49.8 Å². The van der Waals surface area contributed by atoms with Crippen LogP contribution in [-0.4, -0.2) is 41.2 Å². The minimum absolute atomic E-state index is 0.109. The minimum Gasteiger partial charge on any atom is -0.493 e. The number of benzene rings is 1. The van der Waals surface area contributed by atoms with Gasteiger partial charge in [0, 0.05) is 5.56 Å². The second-order valence-corrected chi connectivity index (χ2v) is 5.42. The summed E-state index contributed by atoms with van der Waals surface area (Å²) in [6.07, 6.45) is 0.717. The number of nitrogens with zero attached hydrogens (tertiary/aromatic N) is 1. The average molecular weight is 247 g/mol. The predicted octanol–water partition coefficient (Wildman–Crippen LogP) is 1.15. The Bertz CT molecular complexity index is 476. The Hall–Kier alpha value is -1.55. The summed E-state index contributed by atoms with van der Waals surface area (Å²) in [7, 11) is 0. The molecule has 1 fully saturated rings. The standard InChI is InChI=1S/C14H17NO3/c1-14(17)8-15(9-14)13(16)11-6-7-18-12-5-3-2-4-10(11)12/h2-5,11,17H,6-9H2,1H3. The van der Waals surface area contributed by atoms with E-state index in [1.807, 2.05) is 24.3 Å². The van der Waals surface area contributed by atoms with E-state index in [2.05, 4.69) is 0 Å². The van der Waals surface area contributed by atoms with Gasteiger partial charge in [0.2, 0.25) is 5.91 Å². The number of rotatable bonds is 1. The van der Waals surface area contributed by atoms with Gasteiger partial charge in [0.15, 0.2) is 0 Å². The molecule has 96 valence electrons. The first-order valence-corrected chi connectivity index (χ1v) is 6.30. The smallest absolute Gasteiger partial charge is 0.230 e. The molecule has 4 nitrogen and oxygen atoms in total. The van der Waals surface area contributed by atoms with E-state index in [9.17, 15) is 9.90 Å². The van der Waals surface area contributed by atoms with Crippen LogP contribution in [0.3, 0.4) is 0 Å². The number of carbonyl (C=O) groups excluding carboxylic acids is 1. The molecule has 1 unspecified atom stereocenters. The van der Waals surface area contributed by atoms with Crippen LogP contribution in [-0.2, 0) is 4.79 Å². The highest BCUT2D eigenvalue weighted by Crippen LogP contribution is 2.36. The molecule has 3 rings (SSSR count). The van der Waals surface area contributed by atoms with Crippen molar-refractivity contribution in [1.29, 1.82) is 0 Å². The second-order valence-electron chi connectivity index (χ2n) is 5.42. The first kappa shape index (κ1) is 11.5. The number of carbonyl (C=O) groups is 1. The van der Waals surface area contributed by atoms with E-state index in [1.54, 1.807) is 11.8 Å². The maximum absolute atomic E-state index is 12.4. The second kappa shape index (κ2) is 3.99. The molecular weight excluding hydrogens is 230 g/mol. The van der Waals surface area contributed by atoms with E-state index in [0.29, 0.717) is 26.1 Å². The summed E-state index contributed by atoms with van der Waals surface area (Å²) in [4.78, 5) is 14.1. The summed E-state index contributed by atoms with van der Waals surface area (Å²) < 4.78 is 5.56. The highest BCUT2D eigenvalue weighted by atomic mass is 16.5. The summed E-state index contributed by atoms with van der Waals surface area (Å²) in [5.41, 5.74) is 0.265. The van der Waals surface area contributed by atoms with Crippen LogP contribution >= 0.6 is 0 Å². The molecule has 1 aromatic rings. The van der Waals surface area contributed by atoms with Gasteiger partial charge in [-0.2, -0.15) is 0 Å². The Morgan fingerprint density at radius 2 is 2.17 bits per heavy atom. The number of para-hydroxylation sites is 1. The van der Waals surface area contributed by atoms with Crippen LogP contribution in [0.4, 0.5) is 0 Å². The first-order chi connectivity index (χ1) is 8.57. The Kier molecular flexibility index (Phi) is 2.55. The van der Waals surface area contributed by atoms with E-state index in [0.717, 1.165) is 11.3 Å². The third kappa shape index (κ3) is 1.86. The van der Waals surface area contributed by atoms with E-state index in [1.165, 1.54) is 0 Å². The van der Waals surface area contributed by atoms with Gasteiger partial charge < -0.3 is 14.7 Å². The monoisotopic (exact) mass is 247 g/mol. The molecule has 2 heterocycles. The number of amides is 1. The maximum atomic E-state index is 12.4. The van der Waals surface area contributed by atoms with Gasteiger partial charge in [-0.1, -0.05) is 18.2 Å². The molecule has 2 aliphatic heterocycles. The van der Waals surface area contributed by atoms with Crippen LogP contribution in [0.15, 0.2) is 24.3 Å². The number of hydrogen-bond donors (Lipinski definition) is 1. The van der Waals surface area contributed by atoms with E-state index >= 15 is 0 Å². The van der Waals surface area contributed by atoms with Crippen molar-refractivity contribution in [2.24, 2.45) is 0 Å². The predicted molar refractivity (Wildman–Crippen MR) is 66.5 cm³/mol. The fraction of sp³-hybridized carbons (Fsp3) is 0.500. The summed E-state index contributed by atoms with van der Waals surface area (Å²) in [5, 5.41) is 9.71. The number of β-amino-alcohol motifs (C(OH)–C–C–N with tert-alkyl or cyclic N) is 1. The van der Waals surface area contributed by atoms with Crippen LogP contribution in [0, 0.1) is 0 Å². The van der Waals surface area contributed by atoms with Gasteiger partial charge in [0.1, 0.15) is 5.75 Å². The normalized spacial score (nSPS) is 24.8. The van der Waals surface area contributed by atoms with Crippen molar-refractivity contribution in [2.75, 3.05) is 19.7 Å². The lowest BCUT2D eigenvalue weighted by Crippen LogP contribution is -2.62. The van der Waals surface area contributed by atoms with Gasteiger partial charge in [-0.25, -0.2) is 0 Å². The molecule has 0 bridgehead atoms. The summed E-state index contributed by atoms with van der Waals surface area (Å²) in [6.45, 7) is 3.21. The van der Waals surface area contributed by atoms with Crippen molar-refractivity contribution in [3.63, 3.8) is 0 Å². The van der Waals surface area contributed by atoms with Crippen molar-refractivity contribution < 1.29 is 14.6 Å². The van der Waals surface area contributed by atoms with Gasteiger partial charge in [-0.05, 0) is 19.4 Å². The van der Waals surface area contributed by atoms with Crippen molar-refractivity contribution >= 4 is 5.91 Å². The number of hydrogen-bond acceptors (Lipinski definition) is 3. The molecule has 1 N–H and O–H groups in total. The molecule has 2 aliphatic rings. The van der Waals surface area contributed by atoms with Gasteiger partial charge in [-0.3, -0.25) is 4.79 Å². The molecular formula is C14H17NO3. The largest absolute Gasteiger partial charge is 0.493 e. The molecule has 1 aromatic carbocycles. The Labute approximate surface area is 106 Å². The third-order valence-electron chi connectivity index (χ3n) is 3.63. The fourth-order valence-electron chi connectivity index (χ4n) is 2.75. The van der Waals surface area contributed by atoms with Gasteiger partial charge in [0.05, 0.1) is 31.2 Å². The van der Waals surface area contributed by atoms with Crippen LogP contribution in [0.1, 0.15) is 24.8 Å².